The second kappa shape index (κ2) is 5.52. The number of rotatable bonds is 2. The molecule has 1 aromatic carbocycles. The standard InChI is InChI=1S/C16H17N3O2/c1-11-4-5-14-12(9-11)3-2-8-19(14)15(20)10-13-6-7-17-18-16(13)21/h4-7,9H,2-3,8,10H2,1H3,(H,18,21). The van der Waals surface area contributed by atoms with Gasteiger partial charge in [0, 0.05) is 24.0 Å². The Morgan fingerprint density at radius 1 is 1.38 bits per heavy atom. The van der Waals surface area contributed by atoms with E-state index in [1.54, 1.807) is 11.0 Å². The smallest absolute Gasteiger partial charge is 0.267 e. The topological polar surface area (TPSA) is 66.1 Å². The van der Waals surface area contributed by atoms with Crippen molar-refractivity contribution < 1.29 is 4.79 Å². The predicted octanol–water partition coefficient (Wildman–Crippen LogP) is 1.60. The number of H-pyrrole nitrogens is 1. The number of fused-ring (bicyclic) bond motifs is 1. The molecule has 0 atom stereocenters. The highest BCUT2D eigenvalue weighted by Crippen LogP contribution is 2.28. The predicted molar refractivity (Wildman–Crippen MR) is 80.4 cm³/mol. The van der Waals surface area contributed by atoms with E-state index in [0.29, 0.717) is 12.1 Å². The Morgan fingerprint density at radius 3 is 3.05 bits per heavy atom. The molecule has 0 bridgehead atoms. The molecule has 1 N–H and O–H groups in total. The lowest BCUT2D eigenvalue weighted by Crippen LogP contribution is -2.37. The molecule has 1 aliphatic heterocycles. The van der Waals surface area contributed by atoms with Gasteiger partial charge in [0.2, 0.25) is 5.91 Å². The summed E-state index contributed by atoms with van der Waals surface area (Å²) in [5.41, 5.74) is 3.54. The van der Waals surface area contributed by atoms with E-state index in [-0.39, 0.29) is 17.9 Å². The molecule has 2 aromatic rings. The number of aromatic nitrogens is 2. The Bertz CT molecular complexity index is 736. The van der Waals surface area contributed by atoms with Crippen molar-refractivity contribution in [1.82, 2.24) is 10.2 Å². The number of aromatic amines is 1. The highest BCUT2D eigenvalue weighted by atomic mass is 16.2. The molecular formula is C16H17N3O2. The fourth-order valence-corrected chi connectivity index (χ4v) is 2.75. The Kier molecular flexibility index (Phi) is 3.56. The van der Waals surface area contributed by atoms with Crippen molar-refractivity contribution >= 4 is 11.6 Å². The fraction of sp³-hybridized carbons (Fsp3) is 0.312. The molecule has 5 nitrogen and oxygen atoms in total. The van der Waals surface area contributed by atoms with E-state index in [9.17, 15) is 9.59 Å². The van der Waals surface area contributed by atoms with Crippen LogP contribution in [0.15, 0.2) is 35.3 Å². The van der Waals surface area contributed by atoms with Gasteiger partial charge in [-0.15, -0.1) is 0 Å². The van der Waals surface area contributed by atoms with Crippen molar-refractivity contribution in [3.05, 3.63) is 57.5 Å². The van der Waals surface area contributed by atoms with Crippen molar-refractivity contribution in [1.29, 1.82) is 0 Å². The second-order valence-corrected chi connectivity index (χ2v) is 5.37. The lowest BCUT2D eigenvalue weighted by Gasteiger charge is -2.29. The molecule has 0 radical (unpaired) electrons. The summed E-state index contributed by atoms with van der Waals surface area (Å²) in [6, 6.07) is 7.74. The first-order valence-electron chi connectivity index (χ1n) is 7.07. The van der Waals surface area contributed by atoms with Gasteiger partial charge in [0.1, 0.15) is 0 Å². The Balaban J connectivity index is 1.87. The first-order chi connectivity index (χ1) is 10.1. The number of hydrogen-bond acceptors (Lipinski definition) is 3. The normalized spacial score (nSPS) is 13.9. The summed E-state index contributed by atoms with van der Waals surface area (Å²) >= 11 is 0. The van der Waals surface area contributed by atoms with Gasteiger partial charge in [0.05, 0.1) is 6.42 Å². The Hall–Kier alpha value is -2.43. The quantitative estimate of drug-likeness (QED) is 0.910. The maximum atomic E-state index is 12.5. The van der Waals surface area contributed by atoms with E-state index >= 15 is 0 Å². The fourth-order valence-electron chi connectivity index (χ4n) is 2.75. The third kappa shape index (κ3) is 2.72. The van der Waals surface area contributed by atoms with Crippen LogP contribution in [0.1, 0.15) is 23.1 Å². The maximum Gasteiger partial charge on any atom is 0.267 e. The van der Waals surface area contributed by atoms with Crippen molar-refractivity contribution in [3.8, 4) is 0 Å². The van der Waals surface area contributed by atoms with Crippen LogP contribution in [0.4, 0.5) is 5.69 Å². The summed E-state index contributed by atoms with van der Waals surface area (Å²) in [5.74, 6) is -0.0449. The Labute approximate surface area is 122 Å². The largest absolute Gasteiger partial charge is 0.312 e. The number of hydrogen-bond donors (Lipinski definition) is 1. The zero-order valence-electron chi connectivity index (χ0n) is 11.9. The first-order valence-corrected chi connectivity index (χ1v) is 7.07. The van der Waals surface area contributed by atoms with Gasteiger partial charge in [-0.25, -0.2) is 5.10 Å². The summed E-state index contributed by atoms with van der Waals surface area (Å²) in [5, 5.41) is 6.01. The van der Waals surface area contributed by atoms with Gasteiger partial charge in [-0.2, -0.15) is 5.10 Å². The molecule has 0 saturated heterocycles. The van der Waals surface area contributed by atoms with Gasteiger partial charge in [0.15, 0.2) is 0 Å². The third-order valence-electron chi connectivity index (χ3n) is 3.80. The van der Waals surface area contributed by atoms with Gasteiger partial charge in [-0.3, -0.25) is 9.59 Å². The maximum absolute atomic E-state index is 12.5. The lowest BCUT2D eigenvalue weighted by molar-refractivity contribution is -0.118. The summed E-state index contributed by atoms with van der Waals surface area (Å²) in [6.45, 7) is 2.76. The summed E-state index contributed by atoms with van der Waals surface area (Å²) in [6.07, 6.45) is 3.55. The molecule has 108 valence electrons. The minimum absolute atomic E-state index is 0.0449. The zero-order valence-corrected chi connectivity index (χ0v) is 11.9. The lowest BCUT2D eigenvalue weighted by atomic mass is 9.99. The molecule has 1 aliphatic rings. The van der Waals surface area contributed by atoms with Gasteiger partial charge >= 0.3 is 0 Å². The summed E-state index contributed by atoms with van der Waals surface area (Å²) in [4.78, 5) is 25.9. The molecule has 5 heteroatoms. The van der Waals surface area contributed by atoms with E-state index in [1.165, 1.54) is 17.3 Å². The zero-order chi connectivity index (χ0) is 14.8. The van der Waals surface area contributed by atoms with E-state index in [4.69, 9.17) is 0 Å². The number of amides is 1. The van der Waals surface area contributed by atoms with Gasteiger partial charge in [-0.1, -0.05) is 17.7 Å². The average molecular weight is 283 g/mol. The summed E-state index contributed by atoms with van der Waals surface area (Å²) < 4.78 is 0. The van der Waals surface area contributed by atoms with E-state index in [1.807, 2.05) is 12.1 Å². The molecule has 1 amide bonds. The van der Waals surface area contributed by atoms with Crippen molar-refractivity contribution in [2.45, 2.75) is 26.2 Å². The third-order valence-corrected chi connectivity index (χ3v) is 3.80. The van der Waals surface area contributed by atoms with E-state index in [2.05, 4.69) is 23.2 Å². The molecule has 0 unspecified atom stereocenters. The van der Waals surface area contributed by atoms with Crippen LogP contribution in [0.2, 0.25) is 0 Å². The van der Waals surface area contributed by atoms with Crippen LogP contribution in [0.3, 0.4) is 0 Å². The molecule has 0 fully saturated rings. The van der Waals surface area contributed by atoms with Crippen LogP contribution in [-0.4, -0.2) is 22.6 Å². The molecule has 3 rings (SSSR count). The number of aryl methyl sites for hydroxylation is 2. The number of anilines is 1. The van der Waals surface area contributed by atoms with Gasteiger partial charge in [-0.05, 0) is 37.5 Å². The highest BCUT2D eigenvalue weighted by molar-refractivity contribution is 5.95. The minimum Gasteiger partial charge on any atom is -0.312 e. The van der Waals surface area contributed by atoms with Crippen molar-refractivity contribution in [3.63, 3.8) is 0 Å². The SMILES string of the molecule is Cc1ccc2c(c1)CCCN2C(=O)Cc1ccn[nH]c1=O. The monoisotopic (exact) mass is 283 g/mol. The molecule has 1 aromatic heterocycles. The number of carbonyl (C=O) groups is 1. The molecule has 0 saturated carbocycles. The number of nitrogens with one attached hydrogen (secondary N) is 1. The highest BCUT2D eigenvalue weighted by Gasteiger charge is 2.23. The minimum atomic E-state index is -0.299. The Morgan fingerprint density at radius 2 is 2.24 bits per heavy atom. The van der Waals surface area contributed by atoms with Gasteiger partial charge < -0.3 is 4.90 Å². The molecule has 0 spiro atoms. The summed E-state index contributed by atoms with van der Waals surface area (Å²) in [7, 11) is 0. The van der Waals surface area contributed by atoms with E-state index < -0.39 is 0 Å². The first kappa shape index (κ1) is 13.5. The number of benzene rings is 1. The van der Waals surface area contributed by atoms with Crippen LogP contribution in [-0.2, 0) is 17.6 Å². The molecule has 0 aliphatic carbocycles. The van der Waals surface area contributed by atoms with Crippen molar-refractivity contribution in [2.24, 2.45) is 0 Å². The second-order valence-electron chi connectivity index (χ2n) is 5.37. The number of nitrogens with zero attached hydrogens (tertiary/aromatic N) is 2. The van der Waals surface area contributed by atoms with Crippen LogP contribution >= 0.6 is 0 Å². The van der Waals surface area contributed by atoms with Crippen LogP contribution < -0.4 is 10.5 Å². The van der Waals surface area contributed by atoms with E-state index in [0.717, 1.165) is 18.5 Å². The van der Waals surface area contributed by atoms with Crippen LogP contribution in [0, 0.1) is 6.92 Å². The van der Waals surface area contributed by atoms with Crippen LogP contribution in [0.25, 0.3) is 0 Å². The molecule has 2 heterocycles. The van der Waals surface area contributed by atoms with Crippen LogP contribution in [0.5, 0.6) is 0 Å². The molecular weight excluding hydrogens is 266 g/mol. The molecule has 21 heavy (non-hydrogen) atoms. The average Bonchev–Trinajstić information content (AvgIpc) is 2.48. The number of carbonyl (C=O) groups excluding carboxylic acids is 1. The van der Waals surface area contributed by atoms with Gasteiger partial charge in [0.25, 0.3) is 5.56 Å². The van der Waals surface area contributed by atoms with Crippen molar-refractivity contribution in [2.75, 3.05) is 11.4 Å².